The second-order valence-electron chi connectivity index (χ2n) is 6.82. The summed E-state index contributed by atoms with van der Waals surface area (Å²) < 4.78 is 5.95. The lowest BCUT2D eigenvalue weighted by atomic mass is 10.2. The number of benzene rings is 2. The first-order valence-electron chi connectivity index (χ1n) is 9.79. The number of carbonyl (C=O) groups is 1. The third-order valence-corrected chi connectivity index (χ3v) is 4.89. The van der Waals surface area contributed by atoms with Crippen LogP contribution in [0, 0.1) is 0 Å². The van der Waals surface area contributed by atoms with E-state index in [0.29, 0.717) is 18.8 Å². The van der Waals surface area contributed by atoms with Crippen LogP contribution in [-0.4, -0.2) is 48.5 Å². The Kier molecular flexibility index (Phi) is 5.90. The third kappa shape index (κ3) is 4.85. The SMILES string of the molecule is O=C(CNc1ccccc1Oc1ccccc1)N1CCN(c2ccccn2)CC1. The Morgan fingerprint density at radius 1 is 0.897 bits per heavy atom. The van der Waals surface area contributed by atoms with Crippen LogP contribution in [0.3, 0.4) is 0 Å². The summed E-state index contributed by atoms with van der Waals surface area (Å²) in [6, 6.07) is 23.2. The van der Waals surface area contributed by atoms with Crippen LogP contribution >= 0.6 is 0 Å². The number of amides is 1. The van der Waals surface area contributed by atoms with E-state index < -0.39 is 0 Å². The lowest BCUT2D eigenvalue weighted by Gasteiger charge is -2.35. The minimum absolute atomic E-state index is 0.0835. The molecule has 2 aromatic carbocycles. The van der Waals surface area contributed by atoms with Crippen molar-refractivity contribution >= 4 is 17.4 Å². The number of aromatic nitrogens is 1. The number of nitrogens with zero attached hydrogens (tertiary/aromatic N) is 3. The van der Waals surface area contributed by atoms with Gasteiger partial charge < -0.3 is 19.9 Å². The molecule has 4 rings (SSSR count). The second kappa shape index (κ2) is 9.10. The zero-order chi connectivity index (χ0) is 19.9. The van der Waals surface area contributed by atoms with E-state index in [1.807, 2.05) is 77.7 Å². The van der Waals surface area contributed by atoms with E-state index in [-0.39, 0.29) is 12.5 Å². The molecule has 2 heterocycles. The molecule has 29 heavy (non-hydrogen) atoms. The Bertz CT molecular complexity index is 926. The maximum Gasteiger partial charge on any atom is 0.241 e. The van der Waals surface area contributed by atoms with Crippen molar-refractivity contribution in [3.63, 3.8) is 0 Å². The summed E-state index contributed by atoms with van der Waals surface area (Å²) in [5.74, 6) is 2.51. The largest absolute Gasteiger partial charge is 0.455 e. The fourth-order valence-electron chi connectivity index (χ4n) is 3.33. The van der Waals surface area contributed by atoms with Crippen molar-refractivity contribution < 1.29 is 9.53 Å². The molecule has 1 fully saturated rings. The maximum atomic E-state index is 12.7. The smallest absolute Gasteiger partial charge is 0.241 e. The zero-order valence-electron chi connectivity index (χ0n) is 16.2. The molecule has 6 heteroatoms. The van der Waals surface area contributed by atoms with Crippen LogP contribution in [0.25, 0.3) is 0 Å². The van der Waals surface area contributed by atoms with Gasteiger partial charge in [-0.2, -0.15) is 0 Å². The van der Waals surface area contributed by atoms with E-state index in [9.17, 15) is 4.79 Å². The molecular weight excluding hydrogens is 364 g/mol. The number of rotatable bonds is 6. The molecule has 1 aromatic heterocycles. The van der Waals surface area contributed by atoms with E-state index in [2.05, 4.69) is 15.2 Å². The van der Waals surface area contributed by atoms with Gasteiger partial charge in [-0.3, -0.25) is 4.79 Å². The number of para-hydroxylation sites is 3. The quantitative estimate of drug-likeness (QED) is 0.699. The first-order chi connectivity index (χ1) is 14.3. The van der Waals surface area contributed by atoms with E-state index in [1.54, 1.807) is 6.20 Å². The number of hydrogen-bond acceptors (Lipinski definition) is 5. The highest BCUT2D eigenvalue weighted by Crippen LogP contribution is 2.29. The Morgan fingerprint density at radius 3 is 2.38 bits per heavy atom. The van der Waals surface area contributed by atoms with Crippen LogP contribution in [-0.2, 0) is 4.79 Å². The number of hydrogen-bond donors (Lipinski definition) is 1. The van der Waals surface area contributed by atoms with Gasteiger partial charge in [-0.25, -0.2) is 4.98 Å². The van der Waals surface area contributed by atoms with Gasteiger partial charge in [0.15, 0.2) is 5.75 Å². The van der Waals surface area contributed by atoms with Crippen molar-refractivity contribution in [2.75, 3.05) is 42.9 Å². The second-order valence-corrected chi connectivity index (χ2v) is 6.82. The summed E-state index contributed by atoms with van der Waals surface area (Å²) in [6.45, 7) is 3.20. The molecule has 1 aliphatic rings. The molecular formula is C23H24N4O2. The Morgan fingerprint density at radius 2 is 1.62 bits per heavy atom. The standard InChI is InChI=1S/C23H24N4O2/c28-23(27-16-14-26(15-17-27)22-12-6-7-13-24-22)18-25-20-10-4-5-11-21(20)29-19-8-2-1-3-9-19/h1-13,25H,14-18H2. The number of piperazine rings is 1. The van der Waals surface area contributed by atoms with Gasteiger partial charge in [0.25, 0.3) is 0 Å². The molecule has 1 saturated heterocycles. The molecule has 0 unspecified atom stereocenters. The number of anilines is 2. The molecule has 0 bridgehead atoms. The Labute approximate surface area is 170 Å². The van der Waals surface area contributed by atoms with Gasteiger partial charge in [-0.1, -0.05) is 36.4 Å². The molecule has 1 aliphatic heterocycles. The van der Waals surface area contributed by atoms with Crippen LogP contribution < -0.4 is 15.0 Å². The number of nitrogens with one attached hydrogen (secondary N) is 1. The van der Waals surface area contributed by atoms with Gasteiger partial charge in [-0.05, 0) is 36.4 Å². The van der Waals surface area contributed by atoms with Crippen LogP contribution in [0.1, 0.15) is 0 Å². The summed E-state index contributed by atoms with van der Waals surface area (Å²) in [4.78, 5) is 21.2. The first kappa shape index (κ1) is 18.8. The van der Waals surface area contributed by atoms with Crippen LogP contribution in [0.5, 0.6) is 11.5 Å². The number of carbonyl (C=O) groups excluding carboxylic acids is 1. The molecule has 1 N–H and O–H groups in total. The lowest BCUT2D eigenvalue weighted by Crippen LogP contribution is -2.50. The van der Waals surface area contributed by atoms with Crippen molar-refractivity contribution in [3.05, 3.63) is 79.0 Å². The highest BCUT2D eigenvalue weighted by molar-refractivity contribution is 5.81. The van der Waals surface area contributed by atoms with Crippen LogP contribution in [0.15, 0.2) is 79.0 Å². The molecule has 0 radical (unpaired) electrons. The molecule has 3 aromatic rings. The Balaban J connectivity index is 1.31. The minimum Gasteiger partial charge on any atom is -0.455 e. The number of pyridine rings is 1. The molecule has 0 saturated carbocycles. The zero-order valence-corrected chi connectivity index (χ0v) is 16.2. The van der Waals surface area contributed by atoms with Gasteiger partial charge in [0.1, 0.15) is 11.6 Å². The summed E-state index contributed by atoms with van der Waals surface area (Å²) in [7, 11) is 0. The monoisotopic (exact) mass is 388 g/mol. The number of ether oxygens (including phenoxy) is 1. The molecule has 1 amide bonds. The van der Waals surface area contributed by atoms with Gasteiger partial charge in [0, 0.05) is 32.4 Å². The Hall–Kier alpha value is -3.54. The summed E-state index contributed by atoms with van der Waals surface area (Å²) >= 11 is 0. The maximum absolute atomic E-state index is 12.7. The molecule has 0 aliphatic carbocycles. The summed E-state index contributed by atoms with van der Waals surface area (Å²) in [5, 5.41) is 3.23. The molecule has 6 nitrogen and oxygen atoms in total. The lowest BCUT2D eigenvalue weighted by molar-refractivity contribution is -0.129. The third-order valence-electron chi connectivity index (χ3n) is 4.89. The minimum atomic E-state index is 0.0835. The van der Waals surface area contributed by atoms with Gasteiger partial charge in [0.2, 0.25) is 5.91 Å². The van der Waals surface area contributed by atoms with E-state index >= 15 is 0 Å². The van der Waals surface area contributed by atoms with Gasteiger partial charge in [-0.15, -0.1) is 0 Å². The molecule has 0 atom stereocenters. The normalized spacial score (nSPS) is 13.8. The van der Waals surface area contributed by atoms with Crippen molar-refractivity contribution in [2.24, 2.45) is 0 Å². The highest BCUT2D eigenvalue weighted by Gasteiger charge is 2.21. The average molecular weight is 388 g/mol. The van der Waals surface area contributed by atoms with E-state index in [4.69, 9.17) is 4.74 Å². The van der Waals surface area contributed by atoms with Crippen molar-refractivity contribution in [1.82, 2.24) is 9.88 Å². The first-order valence-corrected chi connectivity index (χ1v) is 9.79. The topological polar surface area (TPSA) is 57.7 Å². The predicted molar refractivity (Wildman–Crippen MR) is 114 cm³/mol. The van der Waals surface area contributed by atoms with E-state index in [0.717, 1.165) is 30.3 Å². The fourth-order valence-corrected chi connectivity index (χ4v) is 3.33. The average Bonchev–Trinajstić information content (AvgIpc) is 2.80. The molecule has 0 spiro atoms. The van der Waals surface area contributed by atoms with Crippen LogP contribution in [0.4, 0.5) is 11.5 Å². The van der Waals surface area contributed by atoms with Crippen LogP contribution in [0.2, 0.25) is 0 Å². The molecule has 148 valence electrons. The van der Waals surface area contributed by atoms with Crippen molar-refractivity contribution in [2.45, 2.75) is 0 Å². The fraction of sp³-hybridized carbons (Fsp3) is 0.217. The van der Waals surface area contributed by atoms with Gasteiger partial charge >= 0.3 is 0 Å². The van der Waals surface area contributed by atoms with E-state index in [1.165, 1.54) is 0 Å². The predicted octanol–water partition coefficient (Wildman–Crippen LogP) is 3.63. The summed E-state index contributed by atoms with van der Waals surface area (Å²) in [6.07, 6.45) is 1.80. The highest BCUT2D eigenvalue weighted by atomic mass is 16.5. The summed E-state index contributed by atoms with van der Waals surface area (Å²) in [5.41, 5.74) is 0.803. The van der Waals surface area contributed by atoms with Crippen molar-refractivity contribution in [1.29, 1.82) is 0 Å². The van der Waals surface area contributed by atoms with Gasteiger partial charge in [0.05, 0.1) is 12.2 Å². The van der Waals surface area contributed by atoms with Crippen molar-refractivity contribution in [3.8, 4) is 11.5 Å².